The van der Waals surface area contributed by atoms with E-state index in [1.807, 2.05) is 0 Å². The van der Waals surface area contributed by atoms with Gasteiger partial charge in [-0.1, -0.05) is 141 Å². The summed E-state index contributed by atoms with van der Waals surface area (Å²) in [4.78, 5) is 0. The zero-order valence-electron chi connectivity index (χ0n) is 26.1. The second-order valence-electron chi connectivity index (χ2n) is 13.7. The van der Waals surface area contributed by atoms with E-state index in [-0.39, 0.29) is 5.41 Å². The number of para-hydroxylation sites is 3. The predicted molar refractivity (Wildman–Crippen MR) is 197 cm³/mol. The van der Waals surface area contributed by atoms with Crippen molar-refractivity contribution in [3.05, 3.63) is 151 Å². The van der Waals surface area contributed by atoms with Crippen LogP contribution in [-0.2, 0) is 5.41 Å². The molecule has 1 aliphatic carbocycles. The molecule has 8 aromatic carbocycles. The van der Waals surface area contributed by atoms with Crippen LogP contribution in [0, 0.1) is 0 Å². The maximum atomic E-state index is 6.73. The van der Waals surface area contributed by atoms with Crippen LogP contribution in [0.5, 0.6) is 0 Å². The van der Waals surface area contributed by atoms with Gasteiger partial charge in [0.05, 0.1) is 16.9 Å². The first-order chi connectivity index (χ1) is 23.1. The Bertz CT molecular complexity index is 2920. The molecule has 0 saturated carbocycles. The van der Waals surface area contributed by atoms with Crippen LogP contribution in [0.15, 0.2) is 144 Å². The van der Waals surface area contributed by atoms with E-state index in [0.29, 0.717) is 0 Å². The summed E-state index contributed by atoms with van der Waals surface area (Å²) in [6, 6.07) is 51.3. The zero-order valence-corrected chi connectivity index (χ0v) is 26.1. The molecule has 0 atom stereocenters. The summed E-state index contributed by atoms with van der Waals surface area (Å²) in [6.07, 6.45) is 0. The summed E-state index contributed by atoms with van der Waals surface area (Å²) in [5, 5.41) is 11.4. The maximum Gasteiger partial charge on any atom is 0.159 e. The van der Waals surface area contributed by atoms with Gasteiger partial charge in [0.15, 0.2) is 5.58 Å². The van der Waals surface area contributed by atoms with E-state index >= 15 is 0 Å². The van der Waals surface area contributed by atoms with Gasteiger partial charge in [0.25, 0.3) is 0 Å². The van der Waals surface area contributed by atoms with Crippen molar-refractivity contribution < 1.29 is 4.42 Å². The summed E-state index contributed by atoms with van der Waals surface area (Å²) in [5.74, 6) is 0. The molecule has 2 heterocycles. The van der Waals surface area contributed by atoms with Gasteiger partial charge in [-0.2, -0.15) is 0 Å². The van der Waals surface area contributed by atoms with Gasteiger partial charge in [-0.25, -0.2) is 0 Å². The van der Waals surface area contributed by atoms with Crippen LogP contribution in [0.2, 0.25) is 0 Å². The number of fused-ring (bicyclic) bond motifs is 8. The van der Waals surface area contributed by atoms with Crippen molar-refractivity contribution in [2.75, 3.05) is 0 Å². The first kappa shape index (κ1) is 25.3. The van der Waals surface area contributed by atoms with Crippen LogP contribution in [0.3, 0.4) is 0 Å². The molecule has 0 unspecified atom stereocenters. The number of hydrogen-bond donors (Lipinski definition) is 0. The third-order valence-electron chi connectivity index (χ3n) is 10.9. The summed E-state index contributed by atoms with van der Waals surface area (Å²) >= 11 is 0. The van der Waals surface area contributed by atoms with Crippen molar-refractivity contribution in [1.29, 1.82) is 0 Å². The second-order valence-corrected chi connectivity index (χ2v) is 13.7. The van der Waals surface area contributed by atoms with Gasteiger partial charge in [0.2, 0.25) is 0 Å². The minimum Gasteiger partial charge on any atom is -0.454 e. The van der Waals surface area contributed by atoms with E-state index in [4.69, 9.17) is 4.42 Å². The fourth-order valence-corrected chi connectivity index (χ4v) is 8.93. The lowest BCUT2D eigenvalue weighted by Crippen LogP contribution is -2.14. The van der Waals surface area contributed by atoms with Gasteiger partial charge >= 0.3 is 0 Å². The molecule has 0 fully saturated rings. The Morgan fingerprint density at radius 1 is 0.489 bits per heavy atom. The molecule has 2 nitrogen and oxygen atoms in total. The smallest absolute Gasteiger partial charge is 0.159 e. The third kappa shape index (κ3) is 3.10. The minimum atomic E-state index is -0.168. The standard InChI is InChI=1S/C45H29NO/c1-45(2)36-17-5-3-13-34(36)43-41(45)35-16-8-14-32(29-24-22-28-21-20-26-10-7-11-27-23-25-31(29)40(28)39(26)27)42(35)46(43)37-18-9-15-33-30-12-4-6-19-38(30)47-44(33)37/h3-25H,1-2H3. The van der Waals surface area contributed by atoms with E-state index in [0.717, 1.165) is 27.6 Å². The van der Waals surface area contributed by atoms with Crippen LogP contribution in [0.1, 0.15) is 25.0 Å². The molecule has 0 N–H and O–H groups in total. The number of furan rings is 1. The Morgan fingerprint density at radius 3 is 2.04 bits per heavy atom. The van der Waals surface area contributed by atoms with Gasteiger partial charge in [0, 0.05) is 32.7 Å². The topological polar surface area (TPSA) is 18.1 Å². The van der Waals surface area contributed by atoms with Crippen molar-refractivity contribution in [2.24, 2.45) is 0 Å². The molecule has 0 amide bonds. The number of rotatable bonds is 2. The van der Waals surface area contributed by atoms with E-state index in [1.165, 1.54) is 76.7 Å². The minimum absolute atomic E-state index is 0.168. The maximum absolute atomic E-state index is 6.73. The molecular formula is C45H29NO. The number of nitrogens with zero attached hydrogens (tertiary/aromatic N) is 1. The largest absolute Gasteiger partial charge is 0.454 e. The molecule has 47 heavy (non-hydrogen) atoms. The molecule has 0 radical (unpaired) electrons. The van der Waals surface area contributed by atoms with E-state index in [9.17, 15) is 0 Å². The molecule has 1 aliphatic rings. The van der Waals surface area contributed by atoms with Crippen LogP contribution >= 0.6 is 0 Å². The first-order valence-corrected chi connectivity index (χ1v) is 16.4. The highest BCUT2D eigenvalue weighted by Gasteiger charge is 2.41. The predicted octanol–water partition coefficient (Wildman–Crippen LogP) is 12.4. The highest BCUT2D eigenvalue weighted by Crippen LogP contribution is 2.55. The lowest BCUT2D eigenvalue weighted by molar-refractivity contribution is 0.663. The van der Waals surface area contributed by atoms with Crippen molar-refractivity contribution >= 4 is 65.2 Å². The molecule has 10 aromatic rings. The first-order valence-electron chi connectivity index (χ1n) is 16.4. The van der Waals surface area contributed by atoms with Gasteiger partial charge in [0.1, 0.15) is 5.58 Å². The highest BCUT2D eigenvalue weighted by atomic mass is 16.3. The summed E-state index contributed by atoms with van der Waals surface area (Å²) in [6.45, 7) is 4.76. The molecule has 220 valence electrons. The third-order valence-corrected chi connectivity index (χ3v) is 10.9. The molecule has 2 heteroatoms. The van der Waals surface area contributed by atoms with Crippen molar-refractivity contribution in [3.63, 3.8) is 0 Å². The van der Waals surface area contributed by atoms with Crippen molar-refractivity contribution in [3.8, 4) is 28.1 Å². The summed E-state index contributed by atoms with van der Waals surface area (Å²) < 4.78 is 9.25. The Labute approximate surface area is 271 Å². The molecule has 2 aromatic heterocycles. The van der Waals surface area contributed by atoms with Crippen molar-refractivity contribution in [2.45, 2.75) is 19.3 Å². The molecule has 0 aliphatic heterocycles. The van der Waals surface area contributed by atoms with Crippen LogP contribution < -0.4 is 0 Å². The van der Waals surface area contributed by atoms with Gasteiger partial charge in [-0.3, -0.25) is 0 Å². The molecular weight excluding hydrogens is 571 g/mol. The fourth-order valence-electron chi connectivity index (χ4n) is 8.93. The van der Waals surface area contributed by atoms with Crippen LogP contribution in [-0.4, -0.2) is 4.57 Å². The van der Waals surface area contributed by atoms with E-state index in [2.05, 4.69) is 158 Å². The lowest BCUT2D eigenvalue weighted by atomic mass is 9.81. The summed E-state index contributed by atoms with van der Waals surface area (Å²) in [5.41, 5.74) is 11.7. The summed E-state index contributed by atoms with van der Waals surface area (Å²) in [7, 11) is 0. The average Bonchev–Trinajstić information content (AvgIpc) is 3.74. The molecule has 11 rings (SSSR count). The Morgan fingerprint density at radius 2 is 1.15 bits per heavy atom. The lowest BCUT2D eigenvalue weighted by Gasteiger charge is -2.22. The number of aromatic nitrogens is 1. The number of benzene rings is 8. The Hall–Kier alpha value is -5.86. The van der Waals surface area contributed by atoms with Crippen LogP contribution in [0.4, 0.5) is 0 Å². The molecule has 0 spiro atoms. The monoisotopic (exact) mass is 599 g/mol. The molecule has 0 bridgehead atoms. The van der Waals surface area contributed by atoms with E-state index in [1.54, 1.807) is 0 Å². The van der Waals surface area contributed by atoms with E-state index < -0.39 is 0 Å². The normalized spacial score (nSPS) is 13.9. The SMILES string of the molecule is CC1(C)c2ccccc2-c2c1c1cccc(-c3ccc4ccc5cccc6ccc3c4c56)c1n2-c1cccc2c1oc1ccccc12. The highest BCUT2D eigenvalue weighted by molar-refractivity contribution is 6.26. The number of hydrogen-bond acceptors (Lipinski definition) is 1. The van der Waals surface area contributed by atoms with Gasteiger partial charge in [-0.05, 0) is 61.1 Å². The Kier molecular flexibility index (Phi) is 4.68. The van der Waals surface area contributed by atoms with Crippen LogP contribution in [0.25, 0.3) is 93.2 Å². The Balaban J connectivity index is 1.34. The van der Waals surface area contributed by atoms with Crippen molar-refractivity contribution in [1.82, 2.24) is 4.57 Å². The average molecular weight is 600 g/mol. The zero-order chi connectivity index (χ0) is 31.0. The molecule has 0 saturated heterocycles. The van der Waals surface area contributed by atoms with Gasteiger partial charge < -0.3 is 8.98 Å². The quantitative estimate of drug-likeness (QED) is 0.181. The second kappa shape index (κ2) is 8.69. The fraction of sp³-hybridized carbons (Fsp3) is 0.0667. The van der Waals surface area contributed by atoms with Gasteiger partial charge in [-0.15, -0.1) is 0 Å².